The van der Waals surface area contributed by atoms with Crippen LogP contribution in [0.4, 0.5) is 5.69 Å². The van der Waals surface area contributed by atoms with Crippen molar-refractivity contribution in [3.8, 4) is 0 Å². The molecule has 0 aliphatic carbocycles. The number of esters is 3. The third kappa shape index (κ3) is 6.28. The van der Waals surface area contributed by atoms with Gasteiger partial charge < -0.3 is 18.9 Å². The Bertz CT molecular complexity index is 1530. The van der Waals surface area contributed by atoms with Gasteiger partial charge in [-0.2, -0.15) is 5.10 Å². The maximum atomic E-state index is 13.1. The van der Waals surface area contributed by atoms with Crippen LogP contribution in [-0.4, -0.2) is 57.5 Å². The molecule has 1 aliphatic heterocycles. The third-order valence-corrected chi connectivity index (χ3v) is 6.24. The molecule has 1 saturated heterocycles. The van der Waals surface area contributed by atoms with Crippen molar-refractivity contribution >= 4 is 23.6 Å². The minimum atomic E-state index is -1.32. The molecule has 41 heavy (non-hydrogen) atoms. The van der Waals surface area contributed by atoms with E-state index in [1.54, 1.807) is 78.9 Å². The topological polar surface area (TPSA) is 149 Å². The van der Waals surface area contributed by atoms with Crippen molar-refractivity contribution < 1.29 is 38.3 Å². The molecule has 0 amide bonds. The number of rotatable bonds is 9. The molecule has 5 rings (SSSR count). The molecule has 0 spiro atoms. The number of nitrogens with zero attached hydrogens (tertiary/aromatic N) is 3. The molecule has 0 radical (unpaired) electrons. The summed E-state index contributed by atoms with van der Waals surface area (Å²) in [6.45, 7) is -0.389. The molecule has 1 fully saturated rings. The number of benzene rings is 3. The van der Waals surface area contributed by atoms with Gasteiger partial charge in [-0.15, -0.1) is 0 Å². The Morgan fingerprint density at radius 2 is 1.27 bits per heavy atom. The molecule has 12 heteroatoms. The average Bonchev–Trinajstić information content (AvgIpc) is 3.63. The van der Waals surface area contributed by atoms with Gasteiger partial charge in [-0.3, -0.25) is 10.1 Å². The lowest BCUT2D eigenvalue weighted by molar-refractivity contribution is -0.385. The van der Waals surface area contributed by atoms with E-state index in [0.29, 0.717) is 0 Å². The molecule has 1 aliphatic rings. The summed E-state index contributed by atoms with van der Waals surface area (Å²) in [5.74, 6) is -2.15. The largest absolute Gasteiger partial charge is 0.459 e. The molecule has 0 N–H and O–H groups in total. The van der Waals surface area contributed by atoms with E-state index in [1.165, 1.54) is 12.1 Å². The monoisotopic (exact) mass is 557 g/mol. The first-order valence-electron chi connectivity index (χ1n) is 12.5. The first-order valence-corrected chi connectivity index (χ1v) is 12.5. The summed E-state index contributed by atoms with van der Waals surface area (Å²) >= 11 is 0. The van der Waals surface area contributed by atoms with Crippen molar-refractivity contribution in [2.75, 3.05) is 6.61 Å². The Balaban J connectivity index is 1.47. The van der Waals surface area contributed by atoms with Crippen LogP contribution in [-0.2, 0) is 18.9 Å². The smallest absolute Gasteiger partial charge is 0.338 e. The summed E-state index contributed by atoms with van der Waals surface area (Å²) in [6, 6.07) is 24.4. The highest BCUT2D eigenvalue weighted by Crippen LogP contribution is 2.35. The number of aromatic nitrogens is 2. The zero-order valence-electron chi connectivity index (χ0n) is 21.3. The van der Waals surface area contributed by atoms with E-state index in [1.807, 2.05) is 0 Å². The second kappa shape index (κ2) is 12.2. The summed E-state index contributed by atoms with van der Waals surface area (Å²) in [6.07, 6.45) is -2.89. The molecule has 4 atom stereocenters. The molecular weight excluding hydrogens is 534 g/mol. The van der Waals surface area contributed by atoms with Crippen LogP contribution < -0.4 is 0 Å². The molecule has 4 aromatic rings. The van der Waals surface area contributed by atoms with Crippen LogP contribution in [0.2, 0.25) is 0 Å². The van der Waals surface area contributed by atoms with Gasteiger partial charge in [0.05, 0.1) is 21.6 Å². The van der Waals surface area contributed by atoms with Gasteiger partial charge in [0.15, 0.2) is 18.4 Å². The Morgan fingerprint density at radius 1 is 0.780 bits per heavy atom. The Kier molecular flexibility index (Phi) is 8.11. The van der Waals surface area contributed by atoms with Crippen molar-refractivity contribution in [2.45, 2.75) is 24.5 Å². The Morgan fingerprint density at radius 3 is 1.76 bits per heavy atom. The predicted octanol–water partition coefficient (Wildman–Crippen LogP) is 4.00. The molecule has 0 saturated carbocycles. The van der Waals surface area contributed by atoms with Gasteiger partial charge in [-0.05, 0) is 36.4 Å². The Labute approximate surface area is 233 Å². The number of hydrogen-bond acceptors (Lipinski definition) is 10. The fourth-order valence-electron chi connectivity index (χ4n) is 4.23. The molecule has 12 nitrogen and oxygen atoms in total. The summed E-state index contributed by atoms with van der Waals surface area (Å²) in [4.78, 5) is 49.5. The van der Waals surface area contributed by atoms with Crippen molar-refractivity contribution in [3.63, 3.8) is 0 Å². The van der Waals surface area contributed by atoms with Gasteiger partial charge in [0.1, 0.15) is 25.1 Å². The first kappa shape index (κ1) is 27.2. The van der Waals surface area contributed by atoms with Crippen LogP contribution >= 0.6 is 0 Å². The molecule has 3 aromatic carbocycles. The highest BCUT2D eigenvalue weighted by Gasteiger charge is 2.52. The van der Waals surface area contributed by atoms with E-state index in [4.69, 9.17) is 18.9 Å². The molecule has 1 aromatic heterocycles. The van der Waals surface area contributed by atoms with Crippen molar-refractivity contribution in [1.29, 1.82) is 0 Å². The number of ether oxygens (including phenoxy) is 4. The zero-order chi connectivity index (χ0) is 28.8. The normalized spacial score (nSPS) is 19.7. The van der Waals surface area contributed by atoms with Gasteiger partial charge in [0.25, 0.3) is 0 Å². The standard InChI is InChI=1S/C29H23N3O9/c33-27(19-10-4-1-5-11-19)38-18-23-24(40-28(34)20-12-6-2-7-13-20)25(41-29(35)21-14-8-3-9-15-21)26(39-23)31-17-22(16-30-31)32(36)37/h1-17,23-26H,18H2/t23-,24+,25-,26+/m1/s1. The second-order valence-electron chi connectivity index (χ2n) is 8.94. The zero-order valence-corrected chi connectivity index (χ0v) is 21.3. The van der Waals surface area contributed by atoms with E-state index < -0.39 is 47.4 Å². The maximum absolute atomic E-state index is 13.1. The quantitative estimate of drug-likeness (QED) is 0.128. The lowest BCUT2D eigenvalue weighted by atomic mass is 10.1. The van der Waals surface area contributed by atoms with Crippen LogP contribution in [0.1, 0.15) is 37.3 Å². The predicted molar refractivity (Wildman–Crippen MR) is 141 cm³/mol. The lowest BCUT2D eigenvalue weighted by Gasteiger charge is -2.24. The summed E-state index contributed by atoms with van der Waals surface area (Å²) in [5.41, 5.74) is 0.386. The molecule has 0 bridgehead atoms. The van der Waals surface area contributed by atoms with Crippen LogP contribution in [0, 0.1) is 10.1 Å². The first-order chi connectivity index (χ1) is 19.9. The lowest BCUT2D eigenvalue weighted by Crippen LogP contribution is -2.41. The van der Waals surface area contributed by atoms with Gasteiger partial charge in [0, 0.05) is 0 Å². The molecule has 2 heterocycles. The third-order valence-electron chi connectivity index (χ3n) is 6.24. The highest BCUT2D eigenvalue weighted by atomic mass is 16.7. The maximum Gasteiger partial charge on any atom is 0.338 e. The number of nitro groups is 1. The van der Waals surface area contributed by atoms with Crippen LogP contribution in [0.15, 0.2) is 103 Å². The Hall–Kier alpha value is -5.36. The number of hydrogen-bond donors (Lipinski definition) is 0. The fraction of sp³-hybridized carbons (Fsp3) is 0.172. The van der Waals surface area contributed by atoms with Gasteiger partial charge in [-0.1, -0.05) is 54.6 Å². The highest BCUT2D eigenvalue weighted by molar-refractivity contribution is 5.91. The number of carbonyl (C=O) groups excluding carboxylic acids is 3. The minimum absolute atomic E-state index is 0.213. The summed E-state index contributed by atoms with van der Waals surface area (Å²) in [7, 11) is 0. The van der Waals surface area contributed by atoms with E-state index in [2.05, 4.69) is 5.10 Å². The fourth-order valence-corrected chi connectivity index (χ4v) is 4.23. The van der Waals surface area contributed by atoms with Gasteiger partial charge >= 0.3 is 23.6 Å². The van der Waals surface area contributed by atoms with Crippen molar-refractivity contribution in [1.82, 2.24) is 9.78 Å². The van der Waals surface area contributed by atoms with Gasteiger partial charge in [0.2, 0.25) is 0 Å². The van der Waals surface area contributed by atoms with Crippen molar-refractivity contribution in [3.05, 3.63) is 130 Å². The summed E-state index contributed by atoms with van der Waals surface area (Å²) < 4.78 is 24.2. The summed E-state index contributed by atoms with van der Waals surface area (Å²) in [5, 5.41) is 15.3. The van der Waals surface area contributed by atoms with E-state index in [9.17, 15) is 24.5 Å². The van der Waals surface area contributed by atoms with Crippen LogP contribution in [0.5, 0.6) is 0 Å². The van der Waals surface area contributed by atoms with E-state index >= 15 is 0 Å². The number of carbonyl (C=O) groups is 3. The molecule has 208 valence electrons. The van der Waals surface area contributed by atoms with Gasteiger partial charge in [-0.25, -0.2) is 19.1 Å². The van der Waals surface area contributed by atoms with E-state index in [0.717, 1.165) is 17.1 Å². The minimum Gasteiger partial charge on any atom is -0.459 e. The SMILES string of the molecule is O=C(OC[C@H]1O[C@H](n2cc([N+](=O)[O-])cn2)[C@H](OC(=O)c2ccccc2)[C@H]1OC(=O)c1ccccc1)c1ccccc1. The second-order valence-corrected chi connectivity index (χ2v) is 8.94. The van der Waals surface area contributed by atoms with E-state index in [-0.39, 0.29) is 29.0 Å². The van der Waals surface area contributed by atoms with Crippen LogP contribution in [0.3, 0.4) is 0 Å². The van der Waals surface area contributed by atoms with Crippen LogP contribution in [0.25, 0.3) is 0 Å². The van der Waals surface area contributed by atoms with Crippen molar-refractivity contribution in [2.24, 2.45) is 0 Å². The molecular formula is C29H23N3O9. The average molecular weight is 558 g/mol. The molecule has 0 unspecified atom stereocenters.